The maximum absolute atomic E-state index is 5.32. The topological polar surface area (TPSA) is 43.6 Å². The summed E-state index contributed by atoms with van der Waals surface area (Å²) in [6.45, 7) is 0. The van der Waals surface area contributed by atoms with E-state index in [9.17, 15) is 0 Å². The van der Waals surface area contributed by atoms with Crippen molar-refractivity contribution >= 4 is 22.6 Å². The Labute approximate surface area is 461 Å². The first-order chi connectivity index (χ1) is 39.1. The van der Waals surface area contributed by atoms with E-state index in [-0.39, 0.29) is 0 Å². The second-order valence-electron chi connectivity index (χ2n) is 20.7. The average molecular weight is 1010 g/mol. The predicted octanol–water partition coefficient (Wildman–Crippen LogP) is 19.2. The van der Waals surface area contributed by atoms with Crippen LogP contribution in [0.1, 0.15) is 41.1 Å². The summed E-state index contributed by atoms with van der Waals surface area (Å²) >= 11 is 0. The van der Waals surface area contributed by atoms with Crippen LogP contribution in [-0.4, -0.2) is 19.5 Å². The number of fused-ring (bicyclic) bond motifs is 3. The van der Waals surface area contributed by atoms with Crippen molar-refractivity contribution in [1.82, 2.24) is 19.5 Å². The van der Waals surface area contributed by atoms with E-state index in [1.807, 2.05) is 0 Å². The fourth-order valence-electron chi connectivity index (χ4n) is 11.6. The number of aromatic nitrogens is 4. The maximum Gasteiger partial charge on any atom is 0.164 e. The molecule has 0 saturated carbocycles. The standard InChI is InChI=1S/C75H54N4/c1-3-18-51(19-4-1)55-22-11-25-58(44-55)60-27-13-24-57(46-60)53-40-42-54(43-41-53)73-76-74(66-33-15-30-63(48-66)62-29-14-28-61(47-62)59-26-12-23-56(45-59)52-20-5-2-6-21-52)78-75(77-73)67-34-16-31-64(49-67)65-32-17-35-68(50-65)79-71-38-9-7-36-69(71)70-37-8-10-39-72(70)79/h1-7,9-36,38-44,46-50,56H,8,37,45H2. The summed E-state index contributed by atoms with van der Waals surface area (Å²) in [5.41, 5.74) is 23.2. The molecule has 0 N–H and O–H groups in total. The molecule has 0 radical (unpaired) electrons. The Bertz CT molecular complexity index is 4330. The minimum absolute atomic E-state index is 0.343. The molecule has 2 heterocycles. The van der Waals surface area contributed by atoms with E-state index in [1.165, 1.54) is 61.1 Å². The van der Waals surface area contributed by atoms with Crippen molar-refractivity contribution in [2.24, 2.45) is 0 Å². The lowest BCUT2D eigenvalue weighted by Gasteiger charge is -2.20. The van der Waals surface area contributed by atoms with Crippen LogP contribution in [0.2, 0.25) is 0 Å². The van der Waals surface area contributed by atoms with Gasteiger partial charge < -0.3 is 4.57 Å². The van der Waals surface area contributed by atoms with Crippen molar-refractivity contribution in [3.63, 3.8) is 0 Å². The van der Waals surface area contributed by atoms with E-state index in [2.05, 4.69) is 290 Å². The highest BCUT2D eigenvalue weighted by Crippen LogP contribution is 2.39. The summed E-state index contributed by atoms with van der Waals surface area (Å²) in [5, 5.41) is 1.33. The fourth-order valence-corrected chi connectivity index (χ4v) is 11.6. The summed E-state index contributed by atoms with van der Waals surface area (Å²) in [6, 6.07) is 91.4. The third kappa shape index (κ3) is 9.55. The Morgan fingerprint density at radius 3 is 1.43 bits per heavy atom. The average Bonchev–Trinajstić information content (AvgIpc) is 4.04. The van der Waals surface area contributed by atoms with Crippen LogP contribution in [0.15, 0.2) is 279 Å². The van der Waals surface area contributed by atoms with Crippen LogP contribution in [0.3, 0.4) is 0 Å². The molecule has 4 heteroatoms. The van der Waals surface area contributed by atoms with Crippen molar-refractivity contribution in [1.29, 1.82) is 0 Å². The first-order valence-corrected chi connectivity index (χ1v) is 27.4. The molecule has 12 aromatic rings. The molecule has 0 spiro atoms. The number of benzene rings is 10. The molecular weight excluding hydrogens is 957 g/mol. The third-order valence-electron chi connectivity index (χ3n) is 15.7. The number of hydrogen-bond donors (Lipinski definition) is 0. The molecule has 0 bridgehead atoms. The molecule has 374 valence electrons. The lowest BCUT2D eigenvalue weighted by atomic mass is 9.85. The Morgan fingerprint density at radius 1 is 0.367 bits per heavy atom. The lowest BCUT2D eigenvalue weighted by molar-refractivity contribution is 0.867. The number of rotatable bonds is 11. The minimum atomic E-state index is 0.343. The van der Waals surface area contributed by atoms with E-state index < -0.39 is 0 Å². The van der Waals surface area contributed by atoms with Gasteiger partial charge in [0.1, 0.15) is 0 Å². The van der Waals surface area contributed by atoms with Gasteiger partial charge in [0.2, 0.25) is 0 Å². The molecule has 1 unspecified atom stereocenters. The number of para-hydroxylation sites is 1. The van der Waals surface area contributed by atoms with Gasteiger partial charge in [0.05, 0.1) is 5.52 Å². The van der Waals surface area contributed by atoms with Crippen molar-refractivity contribution < 1.29 is 0 Å². The number of nitrogens with zero attached hydrogens (tertiary/aromatic N) is 4. The monoisotopic (exact) mass is 1010 g/mol. The van der Waals surface area contributed by atoms with Crippen LogP contribution < -0.4 is 0 Å². The van der Waals surface area contributed by atoms with E-state index in [1.54, 1.807) is 0 Å². The van der Waals surface area contributed by atoms with Gasteiger partial charge in [-0.3, -0.25) is 0 Å². The zero-order chi connectivity index (χ0) is 52.5. The Hall–Kier alpha value is -10.0. The van der Waals surface area contributed by atoms with Gasteiger partial charge in [-0.2, -0.15) is 0 Å². The van der Waals surface area contributed by atoms with Gasteiger partial charge in [0.25, 0.3) is 0 Å². The summed E-state index contributed by atoms with van der Waals surface area (Å²) in [6.07, 6.45) is 14.4. The highest BCUT2D eigenvalue weighted by molar-refractivity contribution is 5.91. The molecular formula is C75H54N4. The van der Waals surface area contributed by atoms with Gasteiger partial charge in [-0.25, -0.2) is 15.0 Å². The number of hydrogen-bond acceptors (Lipinski definition) is 3. The molecule has 2 aromatic heterocycles. The van der Waals surface area contributed by atoms with Crippen molar-refractivity contribution in [3.8, 4) is 95.5 Å². The molecule has 0 aliphatic heterocycles. The van der Waals surface area contributed by atoms with Gasteiger partial charge in [-0.05, 0) is 152 Å². The van der Waals surface area contributed by atoms with Gasteiger partial charge in [-0.1, -0.05) is 231 Å². The summed E-state index contributed by atoms with van der Waals surface area (Å²) < 4.78 is 2.42. The highest BCUT2D eigenvalue weighted by Gasteiger charge is 2.20. The second-order valence-corrected chi connectivity index (χ2v) is 20.7. The molecule has 79 heavy (non-hydrogen) atoms. The van der Waals surface area contributed by atoms with Crippen molar-refractivity contribution in [2.75, 3.05) is 0 Å². The minimum Gasteiger partial charge on any atom is -0.310 e. The molecule has 0 saturated heterocycles. The molecule has 10 aromatic carbocycles. The van der Waals surface area contributed by atoms with E-state index in [0.717, 1.165) is 75.0 Å². The first-order valence-electron chi connectivity index (χ1n) is 27.4. The molecule has 14 rings (SSSR count). The van der Waals surface area contributed by atoms with Crippen LogP contribution in [0.4, 0.5) is 0 Å². The maximum atomic E-state index is 5.32. The lowest BCUT2D eigenvalue weighted by Crippen LogP contribution is -2.01. The van der Waals surface area contributed by atoms with Crippen LogP contribution in [0.25, 0.3) is 118 Å². The van der Waals surface area contributed by atoms with Crippen LogP contribution >= 0.6 is 0 Å². The Balaban J connectivity index is 0.824. The van der Waals surface area contributed by atoms with E-state index in [0.29, 0.717) is 23.4 Å². The van der Waals surface area contributed by atoms with Gasteiger partial charge in [0.15, 0.2) is 17.5 Å². The van der Waals surface area contributed by atoms with Crippen molar-refractivity contribution in [2.45, 2.75) is 25.2 Å². The van der Waals surface area contributed by atoms with E-state index in [4.69, 9.17) is 15.0 Å². The fraction of sp³-hybridized carbons (Fsp3) is 0.0533. The summed E-state index contributed by atoms with van der Waals surface area (Å²) in [5.74, 6) is 2.18. The van der Waals surface area contributed by atoms with Crippen molar-refractivity contribution in [3.05, 3.63) is 301 Å². The van der Waals surface area contributed by atoms with Crippen LogP contribution in [0, 0.1) is 0 Å². The quantitative estimate of drug-likeness (QED) is 0.130. The largest absolute Gasteiger partial charge is 0.310 e. The Kier molecular flexibility index (Phi) is 12.5. The molecule has 0 fully saturated rings. The van der Waals surface area contributed by atoms with Crippen LogP contribution in [-0.2, 0) is 6.42 Å². The SMILES string of the molecule is C1=CC(c2ccccc2)CC(c2cccc(-c3cccc(-c4nc(-c5ccc(-c6cccc(-c7cccc(-c8ccccc8)c7)c6)cc5)nc(-c5cccc(-c6cccc(-n7c8c(c9ccccc97)CCC=C8)c6)c5)n4)c3)c2)=C1. The smallest absolute Gasteiger partial charge is 0.164 e. The zero-order valence-corrected chi connectivity index (χ0v) is 43.6. The highest BCUT2D eigenvalue weighted by atomic mass is 15.0. The molecule has 1 atom stereocenters. The molecule has 0 amide bonds. The molecule has 2 aliphatic rings. The van der Waals surface area contributed by atoms with E-state index >= 15 is 0 Å². The normalized spacial score (nSPS) is 13.8. The third-order valence-corrected chi connectivity index (χ3v) is 15.7. The summed E-state index contributed by atoms with van der Waals surface area (Å²) in [7, 11) is 0. The molecule has 4 nitrogen and oxygen atoms in total. The first kappa shape index (κ1) is 47.4. The van der Waals surface area contributed by atoms with Gasteiger partial charge in [-0.15, -0.1) is 0 Å². The van der Waals surface area contributed by atoms with Crippen LogP contribution in [0.5, 0.6) is 0 Å². The number of allylic oxidation sites excluding steroid dienone is 5. The summed E-state index contributed by atoms with van der Waals surface area (Å²) in [4.78, 5) is 15.9. The number of aryl methyl sites for hydroxylation is 1. The van der Waals surface area contributed by atoms with Gasteiger partial charge >= 0.3 is 0 Å². The predicted molar refractivity (Wildman–Crippen MR) is 328 cm³/mol. The zero-order valence-electron chi connectivity index (χ0n) is 43.6. The molecule has 2 aliphatic carbocycles. The Morgan fingerprint density at radius 2 is 0.810 bits per heavy atom. The second kappa shape index (κ2) is 20.8. The van der Waals surface area contributed by atoms with Gasteiger partial charge in [0, 0.05) is 39.4 Å².